The van der Waals surface area contributed by atoms with Gasteiger partial charge in [-0.15, -0.1) is 0 Å². The quantitative estimate of drug-likeness (QED) is 0.903. The van der Waals surface area contributed by atoms with Crippen molar-refractivity contribution in [1.29, 1.82) is 0 Å². The molecule has 0 bridgehead atoms. The topological polar surface area (TPSA) is 34.1 Å². The van der Waals surface area contributed by atoms with Gasteiger partial charge in [0.2, 0.25) is 5.88 Å². The second-order valence-corrected chi connectivity index (χ2v) is 6.70. The van der Waals surface area contributed by atoms with Crippen LogP contribution in [0.1, 0.15) is 45.6 Å². The summed E-state index contributed by atoms with van der Waals surface area (Å²) in [6, 6.07) is 4.63. The van der Waals surface area contributed by atoms with Crippen molar-refractivity contribution in [2.24, 2.45) is 11.3 Å². The van der Waals surface area contributed by atoms with Gasteiger partial charge in [-0.05, 0) is 36.2 Å². The van der Waals surface area contributed by atoms with Gasteiger partial charge < -0.3 is 10.1 Å². The Hall–Kier alpha value is -1.09. The summed E-state index contributed by atoms with van der Waals surface area (Å²) in [7, 11) is 1.64. The maximum atomic E-state index is 5.07. The maximum Gasteiger partial charge on any atom is 0.212 e. The molecule has 1 N–H and O–H groups in total. The number of pyridine rings is 1. The normalized spacial score (nSPS) is 26.1. The first-order valence-corrected chi connectivity index (χ1v) is 7.21. The van der Waals surface area contributed by atoms with Gasteiger partial charge in [0.15, 0.2) is 0 Å². The third-order valence-corrected chi connectivity index (χ3v) is 3.99. The van der Waals surface area contributed by atoms with Crippen LogP contribution in [0.25, 0.3) is 0 Å². The predicted molar refractivity (Wildman–Crippen MR) is 78.2 cm³/mol. The first-order valence-electron chi connectivity index (χ1n) is 7.21. The highest BCUT2D eigenvalue weighted by atomic mass is 16.5. The molecule has 1 fully saturated rings. The first kappa shape index (κ1) is 14.3. The zero-order chi connectivity index (χ0) is 13.9. The van der Waals surface area contributed by atoms with Crippen LogP contribution in [-0.2, 0) is 6.54 Å². The van der Waals surface area contributed by atoms with Gasteiger partial charge in [-0.25, -0.2) is 4.98 Å². The van der Waals surface area contributed by atoms with Gasteiger partial charge in [-0.3, -0.25) is 0 Å². The van der Waals surface area contributed by atoms with Crippen LogP contribution in [0.4, 0.5) is 0 Å². The van der Waals surface area contributed by atoms with E-state index in [1.807, 2.05) is 12.3 Å². The van der Waals surface area contributed by atoms with Crippen molar-refractivity contribution in [1.82, 2.24) is 10.3 Å². The molecule has 2 unspecified atom stereocenters. The lowest BCUT2D eigenvalue weighted by molar-refractivity contribution is 0.151. The molecule has 1 aliphatic rings. The third-order valence-electron chi connectivity index (χ3n) is 3.99. The molecule has 3 nitrogen and oxygen atoms in total. The van der Waals surface area contributed by atoms with Crippen molar-refractivity contribution in [3.05, 3.63) is 23.9 Å². The Morgan fingerprint density at radius 1 is 1.37 bits per heavy atom. The number of ether oxygens (including phenoxy) is 1. The number of nitrogens with zero attached hydrogens (tertiary/aromatic N) is 1. The molecule has 2 rings (SSSR count). The van der Waals surface area contributed by atoms with Crippen LogP contribution in [0.3, 0.4) is 0 Å². The molecule has 0 radical (unpaired) electrons. The fourth-order valence-electron chi connectivity index (χ4n) is 3.40. The summed E-state index contributed by atoms with van der Waals surface area (Å²) in [5, 5.41) is 3.68. The predicted octanol–water partition coefficient (Wildman–Crippen LogP) is 3.39. The average Bonchev–Trinajstić information content (AvgIpc) is 2.34. The Morgan fingerprint density at radius 3 is 2.74 bits per heavy atom. The number of hydrogen-bond acceptors (Lipinski definition) is 3. The fraction of sp³-hybridized carbons (Fsp3) is 0.688. The minimum Gasteiger partial charge on any atom is -0.481 e. The maximum absolute atomic E-state index is 5.07. The lowest BCUT2D eigenvalue weighted by atomic mass is 9.70. The summed E-state index contributed by atoms with van der Waals surface area (Å²) < 4.78 is 5.07. The molecular weight excluding hydrogens is 236 g/mol. The number of nitrogens with one attached hydrogen (secondary N) is 1. The minimum absolute atomic E-state index is 0.466. The molecule has 106 valence electrons. The highest BCUT2D eigenvalue weighted by molar-refractivity contribution is 5.17. The summed E-state index contributed by atoms with van der Waals surface area (Å²) in [6.07, 6.45) is 5.78. The van der Waals surface area contributed by atoms with E-state index >= 15 is 0 Å². The largest absolute Gasteiger partial charge is 0.481 e. The van der Waals surface area contributed by atoms with Crippen molar-refractivity contribution in [3.63, 3.8) is 0 Å². The Bertz CT molecular complexity index is 400. The van der Waals surface area contributed by atoms with Gasteiger partial charge in [-0.1, -0.05) is 26.8 Å². The van der Waals surface area contributed by atoms with Crippen LogP contribution in [0.5, 0.6) is 5.88 Å². The molecule has 19 heavy (non-hydrogen) atoms. The van der Waals surface area contributed by atoms with Gasteiger partial charge in [0.1, 0.15) is 0 Å². The molecule has 0 saturated heterocycles. The first-order chi connectivity index (χ1) is 8.98. The van der Waals surface area contributed by atoms with E-state index in [2.05, 4.69) is 37.1 Å². The van der Waals surface area contributed by atoms with E-state index in [1.165, 1.54) is 24.8 Å². The van der Waals surface area contributed by atoms with E-state index in [1.54, 1.807) is 7.11 Å². The lowest BCUT2D eigenvalue weighted by Crippen LogP contribution is -2.39. The molecule has 0 amide bonds. The van der Waals surface area contributed by atoms with Crippen LogP contribution in [-0.4, -0.2) is 18.1 Å². The van der Waals surface area contributed by atoms with Crippen LogP contribution < -0.4 is 10.1 Å². The summed E-state index contributed by atoms with van der Waals surface area (Å²) in [4.78, 5) is 4.24. The van der Waals surface area contributed by atoms with E-state index in [4.69, 9.17) is 4.74 Å². The van der Waals surface area contributed by atoms with Gasteiger partial charge in [0, 0.05) is 24.8 Å². The van der Waals surface area contributed by atoms with Gasteiger partial charge in [0.25, 0.3) is 0 Å². The van der Waals surface area contributed by atoms with Gasteiger partial charge in [-0.2, -0.15) is 0 Å². The van der Waals surface area contributed by atoms with Crippen molar-refractivity contribution >= 4 is 0 Å². The molecule has 2 atom stereocenters. The molecule has 3 heteroatoms. The Kier molecular flexibility index (Phi) is 4.46. The van der Waals surface area contributed by atoms with Crippen molar-refractivity contribution in [2.75, 3.05) is 7.11 Å². The molecular formula is C16H26N2O. The molecule has 1 saturated carbocycles. The summed E-state index contributed by atoms with van der Waals surface area (Å²) >= 11 is 0. The second kappa shape index (κ2) is 5.91. The van der Waals surface area contributed by atoms with E-state index in [-0.39, 0.29) is 0 Å². The van der Waals surface area contributed by atoms with Gasteiger partial charge >= 0.3 is 0 Å². The van der Waals surface area contributed by atoms with Crippen LogP contribution in [0.2, 0.25) is 0 Å². The number of rotatable bonds is 4. The molecule has 1 aromatic rings. The van der Waals surface area contributed by atoms with Gasteiger partial charge in [0.05, 0.1) is 7.11 Å². The van der Waals surface area contributed by atoms with Crippen molar-refractivity contribution < 1.29 is 4.74 Å². The fourth-order valence-corrected chi connectivity index (χ4v) is 3.40. The van der Waals surface area contributed by atoms with E-state index in [0.29, 0.717) is 17.3 Å². The molecule has 1 heterocycles. The third kappa shape index (κ3) is 4.20. The molecule has 0 aliphatic heterocycles. The average molecular weight is 262 g/mol. The van der Waals surface area contributed by atoms with Crippen LogP contribution in [0, 0.1) is 11.3 Å². The smallest absolute Gasteiger partial charge is 0.212 e. The standard InChI is InChI=1S/C16H26N2O/c1-12-7-14(9-16(2,3)8-12)17-10-13-5-6-15(19-4)18-11-13/h5-6,11-12,14,17H,7-10H2,1-4H3. The molecule has 1 aliphatic carbocycles. The van der Waals surface area contributed by atoms with E-state index in [0.717, 1.165) is 12.5 Å². The van der Waals surface area contributed by atoms with Crippen LogP contribution in [0.15, 0.2) is 18.3 Å². The highest BCUT2D eigenvalue weighted by Crippen LogP contribution is 2.38. The zero-order valence-corrected chi connectivity index (χ0v) is 12.6. The zero-order valence-electron chi connectivity index (χ0n) is 12.6. The van der Waals surface area contributed by atoms with Crippen molar-refractivity contribution in [3.8, 4) is 5.88 Å². The van der Waals surface area contributed by atoms with Crippen molar-refractivity contribution in [2.45, 2.75) is 52.6 Å². The molecule has 1 aromatic heterocycles. The summed E-state index contributed by atoms with van der Waals surface area (Å²) in [5.74, 6) is 1.49. The van der Waals surface area contributed by atoms with E-state index < -0.39 is 0 Å². The van der Waals surface area contributed by atoms with E-state index in [9.17, 15) is 0 Å². The monoisotopic (exact) mass is 262 g/mol. The number of methoxy groups -OCH3 is 1. The highest BCUT2D eigenvalue weighted by Gasteiger charge is 2.31. The van der Waals surface area contributed by atoms with Crippen LogP contribution >= 0.6 is 0 Å². The minimum atomic E-state index is 0.466. The lowest BCUT2D eigenvalue weighted by Gasteiger charge is -2.39. The number of hydrogen-bond donors (Lipinski definition) is 1. The summed E-state index contributed by atoms with van der Waals surface area (Å²) in [5.41, 5.74) is 1.69. The molecule has 0 aromatic carbocycles. The SMILES string of the molecule is COc1ccc(CNC2CC(C)CC(C)(C)C2)cn1. The molecule has 0 spiro atoms. The Morgan fingerprint density at radius 2 is 2.16 bits per heavy atom. The second-order valence-electron chi connectivity index (χ2n) is 6.70. The Balaban J connectivity index is 1.87. The Labute approximate surface area is 116 Å². The summed E-state index contributed by atoms with van der Waals surface area (Å²) in [6.45, 7) is 8.02. The number of aromatic nitrogens is 1.